The zero-order chi connectivity index (χ0) is 6.41. The molecule has 0 aliphatic heterocycles. The van der Waals surface area contributed by atoms with E-state index < -0.39 is 0 Å². The van der Waals surface area contributed by atoms with Gasteiger partial charge in [0.25, 0.3) is 0 Å². The Labute approximate surface area is 55.5 Å². The van der Waals surface area contributed by atoms with Gasteiger partial charge in [-0.25, -0.2) is 0 Å². The zero-order valence-corrected chi connectivity index (χ0v) is 5.72. The average molecular weight is 127 g/mol. The maximum Gasteiger partial charge on any atom is 0.0722 e. The molecule has 0 aromatic heterocycles. The lowest BCUT2D eigenvalue weighted by Gasteiger charge is -1.96. The third-order valence-electron chi connectivity index (χ3n) is 0.643. The molecule has 44 valence electrons. The van der Waals surface area contributed by atoms with Gasteiger partial charge in [0.05, 0.1) is 4.99 Å². The van der Waals surface area contributed by atoms with E-state index in [0.29, 0.717) is 0 Å². The fraction of sp³-hybridized carbons (Fsp3) is 0.500. The second-order valence-electron chi connectivity index (χ2n) is 1.44. The summed E-state index contributed by atoms with van der Waals surface area (Å²) in [5.41, 5.74) is 0. The molecule has 0 aliphatic rings. The van der Waals surface area contributed by atoms with Gasteiger partial charge < -0.3 is 5.32 Å². The molecule has 0 aromatic rings. The Morgan fingerprint density at radius 2 is 2.50 bits per heavy atom. The Bertz CT molecular complexity index is 112. The predicted octanol–water partition coefficient (Wildman–Crippen LogP) is 0.947. The van der Waals surface area contributed by atoms with Gasteiger partial charge in [-0.1, -0.05) is 12.2 Å². The number of thiocarbonyl (C=S) groups is 1. The van der Waals surface area contributed by atoms with E-state index in [4.69, 9.17) is 18.6 Å². The topological polar surface area (TPSA) is 12.0 Å². The molecule has 0 fully saturated rings. The molecule has 0 aliphatic carbocycles. The van der Waals surface area contributed by atoms with Crippen LogP contribution in [0.4, 0.5) is 0 Å². The fourth-order valence-electron chi connectivity index (χ4n) is 0.311. The second kappa shape index (κ2) is 4.61. The van der Waals surface area contributed by atoms with Crippen LogP contribution in [0.15, 0.2) is 0 Å². The summed E-state index contributed by atoms with van der Waals surface area (Å²) in [4.78, 5) is 0.806. The largest absolute Gasteiger partial charge is 0.379 e. The molecule has 0 unspecified atom stereocenters. The second-order valence-corrected chi connectivity index (χ2v) is 2.05. The Hall–Kier alpha value is -0.550. The zero-order valence-electron chi connectivity index (χ0n) is 4.90. The molecule has 0 saturated heterocycles. The molecule has 0 bridgehead atoms. The standard InChI is InChI=1S/C6H9NS/c1-3-4-5-7-6(2)8/h1H,4-5H2,2H3,(H,7,8). The normalized spacial score (nSPS) is 7.50. The van der Waals surface area contributed by atoms with E-state index in [2.05, 4.69) is 11.2 Å². The van der Waals surface area contributed by atoms with Crippen LogP contribution < -0.4 is 5.32 Å². The van der Waals surface area contributed by atoms with Gasteiger partial charge in [0.15, 0.2) is 0 Å². The summed E-state index contributed by atoms with van der Waals surface area (Å²) in [6.07, 6.45) is 5.73. The lowest BCUT2D eigenvalue weighted by molar-refractivity contribution is 0.913. The molecular weight excluding hydrogens is 118 g/mol. The highest BCUT2D eigenvalue weighted by atomic mass is 32.1. The van der Waals surface area contributed by atoms with Crippen LogP contribution in [0, 0.1) is 12.3 Å². The molecule has 2 heteroatoms. The molecular formula is C6H9NS. The van der Waals surface area contributed by atoms with Gasteiger partial charge in [-0.15, -0.1) is 12.3 Å². The summed E-state index contributed by atoms with van der Waals surface area (Å²) in [5.74, 6) is 2.50. The maximum atomic E-state index is 4.98. The lowest BCUT2D eigenvalue weighted by Crippen LogP contribution is -2.18. The van der Waals surface area contributed by atoms with Crippen LogP contribution in [0.5, 0.6) is 0 Å². The smallest absolute Gasteiger partial charge is 0.0722 e. The van der Waals surface area contributed by atoms with Gasteiger partial charge in [-0.3, -0.25) is 0 Å². The van der Waals surface area contributed by atoms with Crippen LogP contribution in [0.25, 0.3) is 0 Å². The Balaban J connectivity index is 2.97. The molecule has 0 rings (SSSR count). The molecule has 0 radical (unpaired) electrons. The van der Waals surface area contributed by atoms with Gasteiger partial charge in [0, 0.05) is 13.0 Å². The summed E-state index contributed by atoms with van der Waals surface area (Å²) < 4.78 is 0. The number of hydrogen-bond donors (Lipinski definition) is 1. The summed E-state index contributed by atoms with van der Waals surface area (Å²) in [7, 11) is 0. The third-order valence-corrected chi connectivity index (χ3v) is 0.788. The van der Waals surface area contributed by atoms with Crippen molar-refractivity contribution >= 4 is 17.2 Å². The van der Waals surface area contributed by atoms with Crippen molar-refractivity contribution in [1.29, 1.82) is 0 Å². The third kappa shape index (κ3) is 5.45. The quantitative estimate of drug-likeness (QED) is 0.337. The highest BCUT2D eigenvalue weighted by Crippen LogP contribution is 1.71. The van der Waals surface area contributed by atoms with Gasteiger partial charge in [-0.2, -0.15) is 0 Å². The van der Waals surface area contributed by atoms with Crippen molar-refractivity contribution in [3.8, 4) is 12.3 Å². The van der Waals surface area contributed by atoms with Crippen molar-refractivity contribution in [1.82, 2.24) is 5.32 Å². The van der Waals surface area contributed by atoms with Crippen molar-refractivity contribution in [2.24, 2.45) is 0 Å². The maximum absolute atomic E-state index is 4.98. The SMILES string of the molecule is C#CCCNC(C)=S. The Morgan fingerprint density at radius 1 is 1.88 bits per heavy atom. The Kier molecular flexibility index (Phi) is 4.29. The summed E-state index contributed by atoms with van der Waals surface area (Å²) in [6, 6.07) is 0. The van der Waals surface area contributed by atoms with E-state index in [1.807, 2.05) is 6.92 Å². The minimum atomic E-state index is 0.744. The van der Waals surface area contributed by atoms with Gasteiger partial charge >= 0.3 is 0 Å². The summed E-state index contributed by atoms with van der Waals surface area (Å²) in [5, 5.41) is 2.94. The van der Waals surface area contributed by atoms with Crippen LogP contribution in [0.3, 0.4) is 0 Å². The number of terminal acetylenes is 1. The molecule has 0 atom stereocenters. The van der Waals surface area contributed by atoms with Crippen LogP contribution in [-0.4, -0.2) is 11.5 Å². The van der Waals surface area contributed by atoms with E-state index in [-0.39, 0.29) is 0 Å². The van der Waals surface area contributed by atoms with E-state index >= 15 is 0 Å². The molecule has 1 N–H and O–H groups in total. The highest BCUT2D eigenvalue weighted by Gasteiger charge is 1.80. The summed E-state index contributed by atoms with van der Waals surface area (Å²) >= 11 is 4.73. The monoisotopic (exact) mass is 127 g/mol. The van der Waals surface area contributed by atoms with Gasteiger partial charge in [0.2, 0.25) is 0 Å². The Morgan fingerprint density at radius 3 is 2.88 bits per heavy atom. The minimum Gasteiger partial charge on any atom is -0.379 e. The number of nitrogens with one attached hydrogen (secondary N) is 1. The molecule has 0 saturated carbocycles. The van der Waals surface area contributed by atoms with Crippen LogP contribution in [0.1, 0.15) is 13.3 Å². The van der Waals surface area contributed by atoms with Crippen LogP contribution in [0.2, 0.25) is 0 Å². The predicted molar refractivity (Wildman–Crippen MR) is 39.7 cm³/mol. The molecule has 0 heterocycles. The molecule has 8 heavy (non-hydrogen) atoms. The highest BCUT2D eigenvalue weighted by molar-refractivity contribution is 7.80. The molecule has 1 nitrogen and oxygen atoms in total. The van der Waals surface area contributed by atoms with Crippen molar-refractivity contribution in [2.75, 3.05) is 6.54 Å². The first-order valence-electron chi connectivity index (χ1n) is 2.45. The van der Waals surface area contributed by atoms with Crippen molar-refractivity contribution in [2.45, 2.75) is 13.3 Å². The van der Waals surface area contributed by atoms with Crippen molar-refractivity contribution in [3.63, 3.8) is 0 Å². The molecule has 0 amide bonds. The minimum absolute atomic E-state index is 0.744. The van der Waals surface area contributed by atoms with Crippen LogP contribution >= 0.6 is 12.2 Å². The number of hydrogen-bond acceptors (Lipinski definition) is 1. The summed E-state index contributed by atoms with van der Waals surface area (Å²) in [6.45, 7) is 2.64. The molecule has 0 spiro atoms. The fourth-order valence-corrected chi connectivity index (χ4v) is 0.413. The van der Waals surface area contributed by atoms with Gasteiger partial charge in [0.1, 0.15) is 0 Å². The van der Waals surface area contributed by atoms with E-state index in [1.165, 1.54) is 0 Å². The van der Waals surface area contributed by atoms with Gasteiger partial charge in [-0.05, 0) is 6.92 Å². The first-order valence-corrected chi connectivity index (χ1v) is 2.86. The molecule has 0 aromatic carbocycles. The first kappa shape index (κ1) is 7.45. The average Bonchev–Trinajstić information content (AvgIpc) is 1.66. The van der Waals surface area contributed by atoms with E-state index in [1.54, 1.807) is 0 Å². The number of rotatable bonds is 2. The first-order chi connectivity index (χ1) is 3.77. The van der Waals surface area contributed by atoms with Crippen LogP contribution in [-0.2, 0) is 0 Å². The van der Waals surface area contributed by atoms with Crippen molar-refractivity contribution in [3.05, 3.63) is 0 Å². The van der Waals surface area contributed by atoms with E-state index in [9.17, 15) is 0 Å². The lowest BCUT2D eigenvalue weighted by atomic mass is 10.4. The van der Waals surface area contributed by atoms with Crippen molar-refractivity contribution < 1.29 is 0 Å². The van der Waals surface area contributed by atoms with E-state index in [0.717, 1.165) is 18.0 Å².